The second-order valence-electron chi connectivity index (χ2n) is 0. The van der Waals surface area contributed by atoms with Crippen LogP contribution in [0.2, 0.25) is 0 Å². The Morgan fingerprint density at radius 3 is 1.00 bits per heavy atom. The Morgan fingerprint density at radius 1 is 1.00 bits per heavy atom. The standard InChI is InChI=1S/Bi.Cu.Sb.H2Te.6H/h;;;1H2;;;;;;. The van der Waals surface area contributed by atoms with Crippen LogP contribution in [0.1, 0.15) is 0 Å². The van der Waals surface area contributed by atoms with Crippen molar-refractivity contribution in [1.82, 2.24) is 0 Å². The van der Waals surface area contributed by atoms with Gasteiger partial charge in [-0.05, 0) is 0 Å². The van der Waals surface area contributed by atoms with Crippen molar-refractivity contribution in [3.63, 3.8) is 0 Å². The summed E-state index contributed by atoms with van der Waals surface area (Å²) in [5, 5.41) is 0. The van der Waals surface area contributed by atoms with E-state index in [4.69, 9.17) is 0 Å². The molecule has 0 aliphatic carbocycles. The predicted molar refractivity (Wildman–Crippen MR) is 28.4 cm³/mol. The van der Waals surface area contributed by atoms with Gasteiger partial charge >= 0.3 is 74.3 Å². The van der Waals surface area contributed by atoms with E-state index in [1.807, 2.05) is 0 Å². The van der Waals surface area contributed by atoms with Gasteiger partial charge in [0.05, 0.1) is 0 Å². The van der Waals surface area contributed by atoms with Gasteiger partial charge in [-0.25, -0.2) is 0 Å². The molecule has 0 aliphatic heterocycles. The molecule has 0 saturated carbocycles. The van der Waals surface area contributed by atoms with Crippen LogP contribution in [0, 0.1) is 0 Å². The molecule has 0 unspecified atom stereocenters. The Bertz CT molecular complexity index is 8.00. The maximum absolute atomic E-state index is 0. The van der Waals surface area contributed by atoms with Crippen LogP contribution >= 0.6 is 0 Å². The van der Waals surface area contributed by atoms with E-state index in [-0.39, 0.29) is 91.4 Å². The molecule has 4 heavy (non-hydrogen) atoms. The van der Waals surface area contributed by atoms with Gasteiger partial charge in [0.1, 0.15) is 0 Å². The van der Waals surface area contributed by atoms with E-state index in [0.29, 0.717) is 0 Å². The first kappa shape index (κ1) is 27.9. The van der Waals surface area contributed by atoms with Crippen LogP contribution in [0.5, 0.6) is 0 Å². The van der Waals surface area contributed by atoms with Crippen molar-refractivity contribution in [2.75, 3.05) is 0 Å². The third-order valence-electron chi connectivity index (χ3n) is 0. The SMILES string of the molecule is [BiH3].[Cu].[SbH3].[TeH2]. The van der Waals surface area contributed by atoms with Gasteiger partial charge in [-0.1, -0.05) is 0 Å². The number of rotatable bonds is 0. The minimum absolute atomic E-state index is 0. The fourth-order valence-corrected chi connectivity index (χ4v) is 0. The third kappa shape index (κ3) is 8.89. The van der Waals surface area contributed by atoms with Crippen molar-refractivity contribution in [1.29, 1.82) is 0 Å². The fraction of sp³-hybridized carbons (Fsp3) is 0. The Morgan fingerprint density at radius 2 is 1.00 bits per heavy atom. The molecule has 0 heterocycles. The monoisotopic (exact) mass is 531 g/mol. The molecule has 0 aromatic rings. The Hall–Kier alpha value is 3.01. The molecule has 0 rings (SSSR count). The Labute approximate surface area is 89.6 Å². The first-order chi connectivity index (χ1) is 0. The normalized spacial score (nSPS) is 0. The van der Waals surface area contributed by atoms with Crippen molar-refractivity contribution in [2.24, 2.45) is 0 Å². The molecule has 0 bridgehead atoms. The Kier molecular flexibility index (Phi) is 116. The molecule has 35 valence electrons. The summed E-state index contributed by atoms with van der Waals surface area (Å²) < 4.78 is 0. The van der Waals surface area contributed by atoms with Crippen molar-refractivity contribution >= 4 is 74.3 Å². The average Bonchev–Trinajstić information content (AvgIpc) is 0. The van der Waals surface area contributed by atoms with Crippen molar-refractivity contribution in [2.45, 2.75) is 0 Å². The molecular formula is H8BiCuSbTe. The topological polar surface area (TPSA) is 0 Å². The van der Waals surface area contributed by atoms with Gasteiger partial charge in [-0.15, -0.1) is 0 Å². The van der Waals surface area contributed by atoms with E-state index in [1.54, 1.807) is 0 Å². The van der Waals surface area contributed by atoms with Crippen molar-refractivity contribution < 1.29 is 17.1 Å². The molecule has 0 spiro atoms. The molecular weight excluding hydrogens is 522 g/mol. The summed E-state index contributed by atoms with van der Waals surface area (Å²) in [7, 11) is 0. The second kappa shape index (κ2) is 16.6. The number of hydrogen-bond donors (Lipinski definition) is 0. The number of hydrogen-bond acceptors (Lipinski definition) is 0. The van der Waals surface area contributed by atoms with E-state index in [9.17, 15) is 0 Å². The second-order valence-corrected chi connectivity index (χ2v) is 0. The van der Waals surface area contributed by atoms with E-state index in [1.165, 1.54) is 0 Å². The van der Waals surface area contributed by atoms with Gasteiger partial charge in [0, 0.05) is 17.1 Å². The van der Waals surface area contributed by atoms with Crippen LogP contribution in [0.3, 0.4) is 0 Å². The average molecular weight is 530 g/mol. The summed E-state index contributed by atoms with van der Waals surface area (Å²) in [5.41, 5.74) is 0. The van der Waals surface area contributed by atoms with Crippen LogP contribution < -0.4 is 0 Å². The molecule has 4 heteroatoms. The molecule has 0 aliphatic rings. The summed E-state index contributed by atoms with van der Waals surface area (Å²) in [6.07, 6.45) is 0. The summed E-state index contributed by atoms with van der Waals surface area (Å²) >= 11 is 0. The van der Waals surface area contributed by atoms with Crippen LogP contribution in [-0.4, -0.2) is 74.3 Å². The molecule has 0 nitrogen and oxygen atoms in total. The van der Waals surface area contributed by atoms with Crippen LogP contribution in [0.4, 0.5) is 0 Å². The molecule has 0 atom stereocenters. The minimum atomic E-state index is 0. The van der Waals surface area contributed by atoms with Crippen LogP contribution in [0.15, 0.2) is 0 Å². The zero-order valence-corrected chi connectivity index (χ0v) is 15.5. The molecule has 0 N–H and O–H groups in total. The zero-order valence-electron chi connectivity index (χ0n) is 2.22. The summed E-state index contributed by atoms with van der Waals surface area (Å²) in [6, 6.07) is 0. The van der Waals surface area contributed by atoms with Gasteiger partial charge in [-0.3, -0.25) is 0 Å². The summed E-state index contributed by atoms with van der Waals surface area (Å²) in [4.78, 5) is 0. The predicted octanol–water partition coefficient (Wildman–Crippen LogP) is -3.29. The van der Waals surface area contributed by atoms with Gasteiger partial charge in [-0.2, -0.15) is 0 Å². The van der Waals surface area contributed by atoms with Gasteiger partial charge in [0.25, 0.3) is 0 Å². The Balaban J connectivity index is 0. The quantitative estimate of drug-likeness (QED) is 0.289. The summed E-state index contributed by atoms with van der Waals surface area (Å²) in [5.74, 6) is 0. The first-order valence-electron chi connectivity index (χ1n) is 0. The van der Waals surface area contributed by atoms with Gasteiger partial charge in [0.2, 0.25) is 0 Å². The fourth-order valence-electron chi connectivity index (χ4n) is 0. The van der Waals surface area contributed by atoms with E-state index in [0.717, 1.165) is 0 Å². The maximum atomic E-state index is 0. The van der Waals surface area contributed by atoms with Crippen molar-refractivity contribution in [3.05, 3.63) is 0 Å². The van der Waals surface area contributed by atoms with Crippen LogP contribution in [0.25, 0.3) is 0 Å². The van der Waals surface area contributed by atoms with Gasteiger partial charge in [0.15, 0.2) is 0 Å². The third-order valence-corrected chi connectivity index (χ3v) is 0. The van der Waals surface area contributed by atoms with Gasteiger partial charge < -0.3 is 0 Å². The van der Waals surface area contributed by atoms with E-state index >= 15 is 0 Å². The first-order valence-corrected chi connectivity index (χ1v) is 0. The molecule has 0 aromatic heterocycles. The summed E-state index contributed by atoms with van der Waals surface area (Å²) in [6.45, 7) is 0. The zero-order chi connectivity index (χ0) is 0. The van der Waals surface area contributed by atoms with Crippen molar-refractivity contribution in [3.8, 4) is 0 Å². The molecule has 0 amide bonds. The van der Waals surface area contributed by atoms with Crippen LogP contribution in [-0.2, 0) is 17.1 Å². The molecule has 0 saturated heterocycles. The molecule has 0 fully saturated rings. The molecule has 1 radical (unpaired) electrons. The molecule has 0 aromatic carbocycles. The van der Waals surface area contributed by atoms with E-state index < -0.39 is 0 Å². The van der Waals surface area contributed by atoms with E-state index in [2.05, 4.69) is 0 Å².